The van der Waals surface area contributed by atoms with Crippen molar-refractivity contribution in [3.63, 3.8) is 0 Å². The van der Waals surface area contributed by atoms with E-state index in [1.807, 2.05) is 0 Å². The molecule has 1 heterocycles. The zero-order valence-electron chi connectivity index (χ0n) is 8.81. The maximum Gasteiger partial charge on any atom is 0.358 e. The van der Waals surface area contributed by atoms with E-state index >= 15 is 0 Å². The number of carboxylic acid groups (broad SMARTS) is 1. The standard InChI is InChI=1S/C11H8FNO4/c1-16-11-8(9(10(14)15)13-17-11)6-4-2-3-5-7(6)12/h2-5H,1H3,(H,14,15). The van der Waals surface area contributed by atoms with Gasteiger partial charge in [-0.15, -0.1) is 0 Å². The largest absolute Gasteiger partial charge is 0.476 e. The van der Waals surface area contributed by atoms with E-state index in [4.69, 9.17) is 14.4 Å². The topological polar surface area (TPSA) is 72.6 Å². The molecule has 2 aromatic rings. The number of aromatic carboxylic acids is 1. The van der Waals surface area contributed by atoms with Crippen LogP contribution >= 0.6 is 0 Å². The number of halogens is 1. The third kappa shape index (κ3) is 1.84. The van der Waals surface area contributed by atoms with E-state index in [0.29, 0.717) is 0 Å². The fourth-order valence-corrected chi connectivity index (χ4v) is 1.46. The van der Waals surface area contributed by atoms with E-state index in [-0.39, 0.29) is 22.8 Å². The third-order valence-corrected chi connectivity index (χ3v) is 2.19. The number of nitrogens with zero attached hydrogens (tertiary/aromatic N) is 1. The number of benzene rings is 1. The molecule has 0 saturated carbocycles. The number of ether oxygens (including phenoxy) is 1. The predicted molar refractivity (Wildman–Crippen MR) is 55.4 cm³/mol. The van der Waals surface area contributed by atoms with E-state index in [1.165, 1.54) is 25.3 Å². The van der Waals surface area contributed by atoms with Gasteiger partial charge in [0.1, 0.15) is 11.4 Å². The Hall–Kier alpha value is -2.37. The van der Waals surface area contributed by atoms with Crippen molar-refractivity contribution >= 4 is 5.97 Å². The van der Waals surface area contributed by atoms with E-state index in [0.717, 1.165) is 0 Å². The van der Waals surface area contributed by atoms with Crippen LogP contribution in [0, 0.1) is 5.82 Å². The van der Waals surface area contributed by atoms with Gasteiger partial charge in [-0.1, -0.05) is 23.4 Å². The van der Waals surface area contributed by atoms with Gasteiger partial charge in [-0.3, -0.25) is 0 Å². The monoisotopic (exact) mass is 237 g/mol. The number of rotatable bonds is 3. The number of hydrogen-bond acceptors (Lipinski definition) is 4. The molecular weight excluding hydrogens is 229 g/mol. The van der Waals surface area contributed by atoms with Gasteiger partial charge in [-0.25, -0.2) is 9.18 Å². The summed E-state index contributed by atoms with van der Waals surface area (Å²) in [5.41, 5.74) is -0.312. The van der Waals surface area contributed by atoms with Gasteiger partial charge in [0, 0.05) is 5.56 Å². The van der Waals surface area contributed by atoms with Crippen molar-refractivity contribution in [3.8, 4) is 17.1 Å². The van der Waals surface area contributed by atoms with Crippen LogP contribution in [-0.4, -0.2) is 23.3 Å². The highest BCUT2D eigenvalue weighted by Crippen LogP contribution is 2.34. The summed E-state index contributed by atoms with van der Waals surface area (Å²) in [6, 6.07) is 5.72. The minimum absolute atomic E-state index is 0.00176. The summed E-state index contributed by atoms with van der Waals surface area (Å²) in [7, 11) is 1.29. The lowest BCUT2D eigenvalue weighted by Crippen LogP contribution is -2.00. The Labute approximate surface area is 95.4 Å². The van der Waals surface area contributed by atoms with Crippen LogP contribution in [0.3, 0.4) is 0 Å². The number of methoxy groups -OCH3 is 1. The molecule has 5 nitrogen and oxygen atoms in total. The average molecular weight is 237 g/mol. The summed E-state index contributed by atoms with van der Waals surface area (Å²) in [6.45, 7) is 0. The molecule has 0 aliphatic rings. The predicted octanol–water partition coefficient (Wildman–Crippen LogP) is 2.19. The van der Waals surface area contributed by atoms with Crippen molar-refractivity contribution in [1.29, 1.82) is 0 Å². The lowest BCUT2D eigenvalue weighted by Gasteiger charge is -2.02. The van der Waals surface area contributed by atoms with Gasteiger partial charge < -0.3 is 14.4 Å². The molecule has 0 aliphatic heterocycles. The van der Waals surface area contributed by atoms with Crippen LogP contribution in [0.15, 0.2) is 28.8 Å². The SMILES string of the molecule is COc1onc(C(=O)O)c1-c1ccccc1F. The Kier molecular flexibility index (Phi) is 2.78. The van der Waals surface area contributed by atoms with Gasteiger partial charge in [0.05, 0.1) is 7.11 Å². The van der Waals surface area contributed by atoms with Gasteiger partial charge in [0.2, 0.25) is 5.69 Å². The Balaban J connectivity index is 2.69. The van der Waals surface area contributed by atoms with Crippen LogP contribution in [0.5, 0.6) is 5.95 Å². The highest BCUT2D eigenvalue weighted by atomic mass is 19.1. The van der Waals surface area contributed by atoms with Crippen LogP contribution in [0.2, 0.25) is 0 Å². The lowest BCUT2D eigenvalue weighted by molar-refractivity contribution is 0.0686. The number of hydrogen-bond donors (Lipinski definition) is 1. The molecule has 6 heteroatoms. The molecule has 1 aromatic carbocycles. The summed E-state index contributed by atoms with van der Waals surface area (Å²) in [6.07, 6.45) is 0. The smallest absolute Gasteiger partial charge is 0.358 e. The lowest BCUT2D eigenvalue weighted by atomic mass is 10.1. The Bertz CT molecular complexity index is 564. The number of carboxylic acids is 1. The second-order valence-corrected chi connectivity index (χ2v) is 3.18. The molecule has 0 spiro atoms. The van der Waals surface area contributed by atoms with E-state index in [1.54, 1.807) is 6.07 Å². The minimum Gasteiger partial charge on any atom is -0.476 e. The molecule has 1 N–H and O–H groups in total. The zero-order valence-corrected chi connectivity index (χ0v) is 8.81. The summed E-state index contributed by atoms with van der Waals surface area (Å²) < 4.78 is 23.1. The molecule has 0 radical (unpaired) electrons. The van der Waals surface area contributed by atoms with E-state index < -0.39 is 11.8 Å². The highest BCUT2D eigenvalue weighted by Gasteiger charge is 2.25. The molecule has 0 atom stereocenters. The molecule has 0 fully saturated rings. The second kappa shape index (κ2) is 4.25. The quantitative estimate of drug-likeness (QED) is 0.885. The molecule has 0 unspecified atom stereocenters. The van der Waals surface area contributed by atoms with Gasteiger partial charge in [-0.05, 0) is 6.07 Å². The first-order valence-corrected chi connectivity index (χ1v) is 4.67. The van der Waals surface area contributed by atoms with Gasteiger partial charge in [0.15, 0.2) is 0 Å². The van der Waals surface area contributed by atoms with E-state index in [9.17, 15) is 9.18 Å². The van der Waals surface area contributed by atoms with Crippen LogP contribution in [0.1, 0.15) is 10.5 Å². The summed E-state index contributed by atoms with van der Waals surface area (Å²) in [5.74, 6) is -2.01. The molecule has 0 aliphatic carbocycles. The van der Waals surface area contributed by atoms with Crippen LogP contribution < -0.4 is 4.74 Å². The van der Waals surface area contributed by atoms with Crippen LogP contribution in [-0.2, 0) is 0 Å². The van der Waals surface area contributed by atoms with Crippen molar-refractivity contribution < 1.29 is 23.6 Å². The Morgan fingerprint density at radius 3 is 2.76 bits per heavy atom. The Morgan fingerprint density at radius 2 is 2.18 bits per heavy atom. The van der Waals surface area contributed by atoms with E-state index in [2.05, 4.69) is 5.16 Å². The first-order chi connectivity index (χ1) is 8.15. The molecule has 88 valence electrons. The maximum atomic E-state index is 13.6. The third-order valence-electron chi connectivity index (χ3n) is 2.19. The van der Waals surface area contributed by atoms with Crippen molar-refractivity contribution in [2.75, 3.05) is 7.11 Å². The summed E-state index contributed by atoms with van der Waals surface area (Å²) >= 11 is 0. The second-order valence-electron chi connectivity index (χ2n) is 3.18. The van der Waals surface area contributed by atoms with Crippen molar-refractivity contribution in [1.82, 2.24) is 5.16 Å². The average Bonchev–Trinajstić information content (AvgIpc) is 2.73. The molecule has 1 aromatic heterocycles. The number of carbonyl (C=O) groups is 1. The van der Waals surface area contributed by atoms with Crippen molar-refractivity contribution in [3.05, 3.63) is 35.8 Å². The van der Waals surface area contributed by atoms with Gasteiger partial charge >= 0.3 is 11.9 Å². The normalized spacial score (nSPS) is 10.2. The molecule has 2 rings (SSSR count). The van der Waals surface area contributed by atoms with Gasteiger partial charge in [-0.2, -0.15) is 0 Å². The van der Waals surface area contributed by atoms with Gasteiger partial charge in [0.25, 0.3) is 0 Å². The first-order valence-electron chi connectivity index (χ1n) is 4.67. The fraction of sp³-hybridized carbons (Fsp3) is 0.0909. The molecule has 0 bridgehead atoms. The molecule has 0 saturated heterocycles. The van der Waals surface area contributed by atoms with Crippen molar-refractivity contribution in [2.45, 2.75) is 0 Å². The first kappa shape index (κ1) is 11.1. The number of aromatic nitrogens is 1. The van der Waals surface area contributed by atoms with Crippen molar-refractivity contribution in [2.24, 2.45) is 0 Å². The van der Waals surface area contributed by atoms with Crippen LogP contribution in [0.25, 0.3) is 11.1 Å². The fourth-order valence-electron chi connectivity index (χ4n) is 1.46. The summed E-state index contributed by atoms with van der Waals surface area (Å²) in [4.78, 5) is 10.9. The molecule has 0 amide bonds. The zero-order chi connectivity index (χ0) is 12.4. The highest BCUT2D eigenvalue weighted by molar-refractivity contribution is 5.95. The maximum absolute atomic E-state index is 13.6. The molecular formula is C11H8FNO4. The summed E-state index contributed by atoms with van der Waals surface area (Å²) in [5, 5.41) is 12.3. The molecule has 17 heavy (non-hydrogen) atoms. The van der Waals surface area contributed by atoms with Crippen LogP contribution in [0.4, 0.5) is 4.39 Å². The Morgan fingerprint density at radius 1 is 1.47 bits per heavy atom. The minimum atomic E-state index is -1.31.